The van der Waals surface area contributed by atoms with E-state index in [9.17, 15) is 18.0 Å². The van der Waals surface area contributed by atoms with Crippen LogP contribution in [0.4, 0.5) is 18.9 Å². The van der Waals surface area contributed by atoms with E-state index in [4.69, 9.17) is 5.11 Å². The number of aliphatic carboxylic acids is 1. The minimum absolute atomic E-state index is 0.00222. The molecule has 86 valence electrons. The van der Waals surface area contributed by atoms with Gasteiger partial charge in [0.15, 0.2) is 0 Å². The van der Waals surface area contributed by atoms with Gasteiger partial charge in [-0.3, -0.25) is 4.79 Å². The zero-order chi connectivity index (χ0) is 11.9. The van der Waals surface area contributed by atoms with Crippen LogP contribution in [-0.4, -0.2) is 17.6 Å². The molecule has 1 heterocycles. The highest BCUT2D eigenvalue weighted by Crippen LogP contribution is 2.41. The van der Waals surface area contributed by atoms with Crippen LogP contribution in [0.1, 0.15) is 17.0 Å². The molecule has 0 saturated heterocycles. The average Bonchev–Trinajstić information content (AvgIpc) is 2.58. The zero-order valence-electron chi connectivity index (χ0n) is 8.01. The van der Waals surface area contributed by atoms with E-state index in [2.05, 4.69) is 5.32 Å². The largest absolute Gasteiger partial charge is 0.481 e. The molecule has 1 aromatic rings. The van der Waals surface area contributed by atoms with Gasteiger partial charge in [0.1, 0.15) is 5.92 Å². The number of carboxylic acids is 1. The molecule has 16 heavy (non-hydrogen) atoms. The van der Waals surface area contributed by atoms with Crippen LogP contribution < -0.4 is 5.32 Å². The Morgan fingerprint density at radius 2 is 2.12 bits per heavy atom. The summed E-state index contributed by atoms with van der Waals surface area (Å²) in [6.45, 7) is -0.00222. The van der Waals surface area contributed by atoms with Crippen molar-refractivity contribution in [1.29, 1.82) is 0 Å². The maximum Gasteiger partial charge on any atom is 0.416 e. The van der Waals surface area contributed by atoms with Gasteiger partial charge in [0.05, 0.1) is 5.56 Å². The summed E-state index contributed by atoms with van der Waals surface area (Å²) in [6.07, 6.45) is -4.52. The summed E-state index contributed by atoms with van der Waals surface area (Å²) < 4.78 is 38.0. The minimum atomic E-state index is -4.52. The van der Waals surface area contributed by atoms with Gasteiger partial charge < -0.3 is 10.4 Å². The summed E-state index contributed by atoms with van der Waals surface area (Å²) >= 11 is 0. The van der Waals surface area contributed by atoms with Crippen LogP contribution in [0, 0.1) is 0 Å². The van der Waals surface area contributed by atoms with Crippen molar-refractivity contribution in [3.05, 3.63) is 29.3 Å². The topological polar surface area (TPSA) is 49.3 Å². The van der Waals surface area contributed by atoms with Crippen molar-refractivity contribution in [2.24, 2.45) is 0 Å². The van der Waals surface area contributed by atoms with Gasteiger partial charge in [-0.2, -0.15) is 13.2 Å². The number of nitrogens with one attached hydrogen (secondary N) is 1. The third kappa shape index (κ3) is 1.60. The number of alkyl halides is 3. The summed E-state index contributed by atoms with van der Waals surface area (Å²) in [5.74, 6) is -2.38. The first-order valence-corrected chi connectivity index (χ1v) is 4.58. The van der Waals surface area contributed by atoms with Crippen LogP contribution in [0.2, 0.25) is 0 Å². The minimum Gasteiger partial charge on any atom is -0.481 e. The highest BCUT2D eigenvalue weighted by Gasteiger charge is 2.40. The lowest BCUT2D eigenvalue weighted by Crippen LogP contribution is -2.17. The molecule has 0 fully saturated rings. The van der Waals surface area contributed by atoms with Gasteiger partial charge in [0, 0.05) is 17.8 Å². The fourth-order valence-electron chi connectivity index (χ4n) is 1.87. The molecule has 0 aliphatic carbocycles. The molecular formula is C10H8F3NO2. The molecule has 1 aromatic carbocycles. The van der Waals surface area contributed by atoms with Crippen molar-refractivity contribution in [2.45, 2.75) is 12.1 Å². The molecular weight excluding hydrogens is 223 g/mol. The second-order valence-corrected chi connectivity index (χ2v) is 3.54. The van der Waals surface area contributed by atoms with E-state index in [0.717, 1.165) is 6.07 Å². The number of carbonyl (C=O) groups is 1. The number of halogens is 3. The summed E-state index contributed by atoms with van der Waals surface area (Å²) in [5, 5.41) is 11.5. The molecule has 0 amide bonds. The molecule has 1 atom stereocenters. The van der Waals surface area contributed by atoms with Crippen LogP contribution in [0.25, 0.3) is 0 Å². The van der Waals surface area contributed by atoms with Gasteiger partial charge in [0.25, 0.3) is 0 Å². The summed E-state index contributed by atoms with van der Waals surface area (Å²) in [4.78, 5) is 10.8. The van der Waals surface area contributed by atoms with Gasteiger partial charge in [-0.1, -0.05) is 6.07 Å². The fraction of sp³-hybridized carbons (Fsp3) is 0.300. The number of benzene rings is 1. The SMILES string of the molecule is O=C(O)C1CNc2cccc(C(F)(F)F)c21. The van der Waals surface area contributed by atoms with E-state index in [0.29, 0.717) is 0 Å². The molecule has 0 bridgehead atoms. The van der Waals surface area contributed by atoms with Crippen LogP contribution in [0.3, 0.4) is 0 Å². The Morgan fingerprint density at radius 1 is 1.44 bits per heavy atom. The third-order valence-corrected chi connectivity index (χ3v) is 2.55. The van der Waals surface area contributed by atoms with Crippen molar-refractivity contribution in [3.8, 4) is 0 Å². The Labute approximate surface area is 88.9 Å². The Hall–Kier alpha value is -1.72. The van der Waals surface area contributed by atoms with E-state index in [-0.39, 0.29) is 17.8 Å². The Balaban J connectivity index is 2.58. The van der Waals surface area contributed by atoms with Crippen LogP contribution in [0.15, 0.2) is 18.2 Å². The van der Waals surface area contributed by atoms with E-state index in [1.165, 1.54) is 12.1 Å². The fourth-order valence-corrected chi connectivity index (χ4v) is 1.87. The lowest BCUT2D eigenvalue weighted by atomic mass is 9.95. The lowest BCUT2D eigenvalue weighted by Gasteiger charge is -2.13. The first-order valence-electron chi connectivity index (χ1n) is 4.58. The van der Waals surface area contributed by atoms with Gasteiger partial charge in [0.2, 0.25) is 0 Å². The standard InChI is InChI=1S/C10H8F3NO2/c11-10(12,13)6-2-1-3-7-8(6)5(4-14-7)9(15)16/h1-3,5,14H,4H2,(H,15,16). The Morgan fingerprint density at radius 3 is 2.69 bits per heavy atom. The first-order chi connectivity index (χ1) is 7.41. The van der Waals surface area contributed by atoms with E-state index in [1.807, 2.05) is 0 Å². The quantitative estimate of drug-likeness (QED) is 0.779. The number of rotatable bonds is 1. The van der Waals surface area contributed by atoms with Crippen LogP contribution in [0.5, 0.6) is 0 Å². The summed E-state index contributed by atoms with van der Waals surface area (Å²) in [7, 11) is 0. The monoisotopic (exact) mass is 231 g/mol. The molecule has 1 unspecified atom stereocenters. The normalized spacial score (nSPS) is 19.1. The number of hydrogen-bond acceptors (Lipinski definition) is 2. The van der Waals surface area contributed by atoms with E-state index < -0.39 is 23.6 Å². The van der Waals surface area contributed by atoms with Gasteiger partial charge >= 0.3 is 12.1 Å². The number of anilines is 1. The van der Waals surface area contributed by atoms with Gasteiger partial charge in [-0.05, 0) is 12.1 Å². The predicted molar refractivity (Wildman–Crippen MR) is 50.3 cm³/mol. The highest BCUT2D eigenvalue weighted by atomic mass is 19.4. The Kier molecular flexibility index (Phi) is 2.29. The molecule has 0 radical (unpaired) electrons. The van der Waals surface area contributed by atoms with Crippen LogP contribution in [-0.2, 0) is 11.0 Å². The van der Waals surface area contributed by atoms with Crippen molar-refractivity contribution in [2.75, 3.05) is 11.9 Å². The van der Waals surface area contributed by atoms with Crippen molar-refractivity contribution in [3.63, 3.8) is 0 Å². The maximum absolute atomic E-state index is 12.7. The predicted octanol–water partition coefficient (Wildman–Crippen LogP) is 2.30. The molecule has 2 rings (SSSR count). The van der Waals surface area contributed by atoms with Gasteiger partial charge in [-0.25, -0.2) is 0 Å². The number of hydrogen-bond donors (Lipinski definition) is 2. The van der Waals surface area contributed by atoms with Gasteiger partial charge in [-0.15, -0.1) is 0 Å². The Bertz CT molecular complexity index is 442. The van der Waals surface area contributed by atoms with Crippen molar-refractivity contribution >= 4 is 11.7 Å². The first kappa shape index (κ1) is 10.8. The summed E-state index contributed by atoms with van der Waals surface area (Å²) in [6, 6.07) is 3.62. The van der Waals surface area contributed by atoms with E-state index in [1.54, 1.807) is 0 Å². The molecule has 1 aliphatic rings. The molecule has 3 nitrogen and oxygen atoms in total. The average molecular weight is 231 g/mol. The molecule has 2 N–H and O–H groups in total. The molecule has 1 aliphatic heterocycles. The number of fused-ring (bicyclic) bond motifs is 1. The lowest BCUT2D eigenvalue weighted by molar-refractivity contribution is -0.141. The number of carboxylic acid groups (broad SMARTS) is 1. The molecule has 0 saturated carbocycles. The molecule has 0 aromatic heterocycles. The smallest absolute Gasteiger partial charge is 0.416 e. The third-order valence-electron chi connectivity index (χ3n) is 2.55. The van der Waals surface area contributed by atoms with Crippen molar-refractivity contribution < 1.29 is 23.1 Å². The molecule has 0 spiro atoms. The molecule has 6 heteroatoms. The second kappa shape index (κ2) is 3.40. The maximum atomic E-state index is 12.7. The van der Waals surface area contributed by atoms with Crippen LogP contribution >= 0.6 is 0 Å². The highest BCUT2D eigenvalue weighted by molar-refractivity contribution is 5.83. The summed E-state index contributed by atoms with van der Waals surface area (Å²) in [5.41, 5.74) is -0.785. The van der Waals surface area contributed by atoms with Crippen molar-refractivity contribution in [1.82, 2.24) is 0 Å². The van der Waals surface area contributed by atoms with E-state index >= 15 is 0 Å². The zero-order valence-corrected chi connectivity index (χ0v) is 8.01. The second-order valence-electron chi connectivity index (χ2n) is 3.54.